The summed E-state index contributed by atoms with van der Waals surface area (Å²) in [7, 11) is -3.79. The molecule has 30 heavy (non-hydrogen) atoms. The van der Waals surface area contributed by atoms with Crippen molar-refractivity contribution in [3.63, 3.8) is 0 Å². The third-order valence-corrected chi connectivity index (χ3v) is 8.71. The van der Waals surface area contributed by atoms with E-state index in [4.69, 9.17) is 11.6 Å². The Bertz CT molecular complexity index is 951. The zero-order valence-electron chi connectivity index (χ0n) is 16.5. The van der Waals surface area contributed by atoms with Crippen LogP contribution in [0.5, 0.6) is 0 Å². The smallest absolute Gasteiger partial charge is 0.309 e. The van der Waals surface area contributed by atoms with Crippen molar-refractivity contribution in [2.24, 2.45) is 0 Å². The van der Waals surface area contributed by atoms with Crippen molar-refractivity contribution in [1.29, 1.82) is 0 Å². The minimum absolute atomic E-state index is 0.00311. The van der Waals surface area contributed by atoms with Gasteiger partial charge in [-0.3, -0.25) is 9.59 Å². The van der Waals surface area contributed by atoms with Gasteiger partial charge in [-0.05, 0) is 48.6 Å². The normalized spacial score (nSPS) is 16.4. The van der Waals surface area contributed by atoms with Crippen LogP contribution in [0.2, 0.25) is 5.02 Å². The highest BCUT2D eigenvalue weighted by Gasteiger charge is 2.31. The SMILES string of the molecule is O=C(NC[C@H](c1cccs1)S(=O)(=O)c1ccc(Cl)cc1)C(=O)NC1CCCCCC1. The molecular weight excluding hydrogens is 444 g/mol. The van der Waals surface area contributed by atoms with E-state index < -0.39 is 26.9 Å². The molecule has 2 aromatic rings. The molecule has 1 heterocycles. The van der Waals surface area contributed by atoms with Gasteiger partial charge < -0.3 is 10.6 Å². The van der Waals surface area contributed by atoms with Crippen molar-refractivity contribution >= 4 is 44.6 Å². The van der Waals surface area contributed by atoms with Gasteiger partial charge in [0.2, 0.25) is 0 Å². The number of carbonyl (C=O) groups is 2. The van der Waals surface area contributed by atoms with Gasteiger partial charge in [0.15, 0.2) is 9.84 Å². The van der Waals surface area contributed by atoms with E-state index in [0.717, 1.165) is 38.5 Å². The van der Waals surface area contributed by atoms with Crippen molar-refractivity contribution in [3.05, 3.63) is 51.7 Å². The zero-order valence-corrected chi connectivity index (χ0v) is 18.9. The molecule has 1 atom stereocenters. The van der Waals surface area contributed by atoms with Crippen molar-refractivity contribution in [2.45, 2.75) is 54.7 Å². The number of amides is 2. The molecule has 0 bridgehead atoms. The Morgan fingerprint density at radius 2 is 1.70 bits per heavy atom. The van der Waals surface area contributed by atoms with Crippen LogP contribution in [-0.2, 0) is 19.4 Å². The second kappa shape index (κ2) is 10.4. The van der Waals surface area contributed by atoms with Gasteiger partial charge in [-0.25, -0.2) is 8.42 Å². The lowest BCUT2D eigenvalue weighted by molar-refractivity contribution is -0.139. The van der Waals surface area contributed by atoms with E-state index in [-0.39, 0.29) is 17.5 Å². The fraction of sp³-hybridized carbons (Fsp3) is 0.429. The second-order valence-corrected chi connectivity index (χ2v) is 10.9. The maximum absolute atomic E-state index is 13.2. The number of halogens is 1. The van der Waals surface area contributed by atoms with Crippen LogP contribution in [0.15, 0.2) is 46.7 Å². The maximum atomic E-state index is 13.2. The van der Waals surface area contributed by atoms with Gasteiger partial charge in [-0.1, -0.05) is 43.4 Å². The summed E-state index contributed by atoms with van der Waals surface area (Å²) in [6.07, 6.45) is 6.08. The van der Waals surface area contributed by atoms with Crippen LogP contribution in [0.3, 0.4) is 0 Å². The van der Waals surface area contributed by atoms with E-state index in [1.807, 2.05) is 0 Å². The minimum atomic E-state index is -3.79. The molecule has 1 aromatic heterocycles. The second-order valence-electron chi connectivity index (χ2n) is 7.37. The quantitative estimate of drug-likeness (QED) is 0.497. The molecule has 3 rings (SSSR count). The molecule has 1 aromatic carbocycles. The van der Waals surface area contributed by atoms with E-state index >= 15 is 0 Å². The fourth-order valence-electron chi connectivity index (χ4n) is 3.57. The van der Waals surface area contributed by atoms with Gasteiger partial charge in [0.1, 0.15) is 5.25 Å². The first-order valence-electron chi connectivity index (χ1n) is 9.99. The summed E-state index contributed by atoms with van der Waals surface area (Å²) >= 11 is 7.16. The molecule has 2 amide bonds. The minimum Gasteiger partial charge on any atom is -0.346 e. The largest absolute Gasteiger partial charge is 0.346 e. The molecule has 0 saturated heterocycles. The van der Waals surface area contributed by atoms with Crippen LogP contribution in [-0.4, -0.2) is 32.8 Å². The predicted molar refractivity (Wildman–Crippen MR) is 118 cm³/mol. The molecular formula is C21H25ClN2O4S2. The first-order chi connectivity index (χ1) is 14.4. The van der Waals surface area contributed by atoms with E-state index in [1.54, 1.807) is 17.5 Å². The summed E-state index contributed by atoms with van der Waals surface area (Å²) < 4.78 is 26.4. The van der Waals surface area contributed by atoms with Crippen LogP contribution in [0.25, 0.3) is 0 Å². The van der Waals surface area contributed by atoms with Crippen molar-refractivity contribution in [2.75, 3.05) is 6.54 Å². The topological polar surface area (TPSA) is 92.3 Å². The van der Waals surface area contributed by atoms with Gasteiger partial charge in [0, 0.05) is 22.5 Å². The molecule has 1 fully saturated rings. The molecule has 1 aliphatic rings. The zero-order chi connectivity index (χ0) is 21.6. The van der Waals surface area contributed by atoms with Gasteiger partial charge >= 0.3 is 11.8 Å². The predicted octanol–water partition coefficient (Wildman–Crippen LogP) is 3.87. The molecule has 2 N–H and O–H groups in total. The Balaban J connectivity index is 1.69. The Morgan fingerprint density at radius 1 is 1.03 bits per heavy atom. The number of hydrogen-bond donors (Lipinski definition) is 2. The number of benzene rings is 1. The average molecular weight is 469 g/mol. The average Bonchev–Trinajstić information content (AvgIpc) is 3.12. The highest BCUT2D eigenvalue weighted by atomic mass is 35.5. The van der Waals surface area contributed by atoms with Crippen LogP contribution >= 0.6 is 22.9 Å². The maximum Gasteiger partial charge on any atom is 0.309 e. The summed E-state index contributed by atoms with van der Waals surface area (Å²) in [6.45, 7) is -0.192. The number of hydrogen-bond acceptors (Lipinski definition) is 5. The van der Waals surface area contributed by atoms with Crippen molar-refractivity contribution in [3.8, 4) is 0 Å². The highest BCUT2D eigenvalue weighted by molar-refractivity contribution is 7.91. The van der Waals surface area contributed by atoms with Crippen LogP contribution in [0.1, 0.15) is 48.7 Å². The van der Waals surface area contributed by atoms with Crippen molar-refractivity contribution in [1.82, 2.24) is 10.6 Å². The molecule has 1 aliphatic carbocycles. The number of rotatable bonds is 6. The number of sulfone groups is 1. The lowest BCUT2D eigenvalue weighted by atomic mass is 10.1. The first-order valence-corrected chi connectivity index (χ1v) is 12.8. The van der Waals surface area contributed by atoms with Gasteiger partial charge in [0.05, 0.1) is 4.90 Å². The van der Waals surface area contributed by atoms with Gasteiger partial charge in [-0.2, -0.15) is 0 Å². The van der Waals surface area contributed by atoms with E-state index in [0.29, 0.717) is 9.90 Å². The van der Waals surface area contributed by atoms with Crippen LogP contribution in [0, 0.1) is 0 Å². The Kier molecular flexibility index (Phi) is 7.91. The summed E-state index contributed by atoms with van der Waals surface area (Å²) in [5.74, 6) is -1.53. The molecule has 1 saturated carbocycles. The standard InChI is InChI=1S/C21H25ClN2O4S2/c22-15-9-11-17(12-10-15)30(27,28)19(18-8-5-13-29-18)14-23-20(25)21(26)24-16-6-3-1-2-4-7-16/h5,8-13,16,19H,1-4,6-7,14H2,(H,23,25)(H,24,26)/t19-/m1/s1. The lowest BCUT2D eigenvalue weighted by Gasteiger charge is -2.19. The van der Waals surface area contributed by atoms with Crippen LogP contribution in [0.4, 0.5) is 0 Å². The van der Waals surface area contributed by atoms with E-state index in [1.165, 1.54) is 35.6 Å². The molecule has 162 valence electrons. The van der Waals surface area contributed by atoms with Gasteiger partial charge in [-0.15, -0.1) is 11.3 Å². The number of nitrogens with one attached hydrogen (secondary N) is 2. The monoisotopic (exact) mass is 468 g/mol. The Morgan fingerprint density at radius 3 is 2.30 bits per heavy atom. The first kappa shape index (κ1) is 22.8. The third-order valence-electron chi connectivity index (χ3n) is 5.22. The molecule has 0 spiro atoms. The third kappa shape index (κ3) is 5.83. The number of thiophene rings is 1. The van der Waals surface area contributed by atoms with Gasteiger partial charge in [0.25, 0.3) is 0 Å². The molecule has 6 nitrogen and oxygen atoms in total. The summed E-state index contributed by atoms with van der Waals surface area (Å²) in [6, 6.07) is 9.37. The van der Waals surface area contributed by atoms with E-state index in [2.05, 4.69) is 10.6 Å². The summed E-state index contributed by atoms with van der Waals surface area (Å²) in [5, 5.41) is 6.52. The Labute approximate surface area is 185 Å². The lowest BCUT2D eigenvalue weighted by Crippen LogP contribution is -2.45. The van der Waals surface area contributed by atoms with Crippen LogP contribution < -0.4 is 10.6 Å². The number of carbonyl (C=O) groups excluding carboxylic acids is 2. The Hall–Kier alpha value is -1.90. The highest BCUT2D eigenvalue weighted by Crippen LogP contribution is 2.32. The molecule has 0 unspecified atom stereocenters. The molecule has 0 aliphatic heterocycles. The fourth-order valence-corrected chi connectivity index (χ4v) is 6.48. The summed E-state index contributed by atoms with van der Waals surface area (Å²) in [5.41, 5.74) is 0. The molecule has 9 heteroatoms. The summed E-state index contributed by atoms with van der Waals surface area (Å²) in [4.78, 5) is 25.4. The van der Waals surface area contributed by atoms with E-state index in [9.17, 15) is 18.0 Å². The van der Waals surface area contributed by atoms with Crippen molar-refractivity contribution < 1.29 is 18.0 Å². The molecule has 0 radical (unpaired) electrons.